The predicted molar refractivity (Wildman–Crippen MR) is 122 cm³/mol. The van der Waals surface area contributed by atoms with Crippen LogP contribution < -0.4 is 5.73 Å². The van der Waals surface area contributed by atoms with Crippen LogP contribution in [0.3, 0.4) is 0 Å². The SMILES string of the molecule is CN(C1CCOCC1)C1C(=O)C(C(N)=O)=C(O)C2(O)C(=O)C3=C(O)c4c(O)cccc4CC3CC12. The summed E-state index contributed by atoms with van der Waals surface area (Å²) in [5.74, 6) is -6.42. The highest BCUT2D eigenvalue weighted by Crippen LogP contribution is 2.52. The lowest BCUT2D eigenvalue weighted by Gasteiger charge is -2.52. The Morgan fingerprint density at radius 1 is 1.17 bits per heavy atom. The topological polar surface area (TPSA) is 171 Å². The number of hydrogen-bond acceptors (Lipinski definition) is 9. The Bertz CT molecular complexity index is 1200. The average Bonchev–Trinajstić information content (AvgIpc) is 2.81. The first kappa shape index (κ1) is 23.5. The number of nitrogens with two attached hydrogens (primary N) is 1. The van der Waals surface area contributed by atoms with E-state index in [0.717, 1.165) is 0 Å². The van der Waals surface area contributed by atoms with Crippen molar-refractivity contribution in [1.82, 2.24) is 4.90 Å². The van der Waals surface area contributed by atoms with Gasteiger partial charge in [-0.1, -0.05) is 12.1 Å². The Morgan fingerprint density at radius 3 is 2.51 bits per heavy atom. The van der Waals surface area contributed by atoms with Crippen molar-refractivity contribution in [1.29, 1.82) is 0 Å². The number of Topliss-reactive ketones (excluding diaryl/α,β-unsaturated/α-hetero) is 2. The number of hydrogen-bond donors (Lipinski definition) is 5. The number of aromatic hydroxyl groups is 1. The second-order valence-electron chi connectivity index (χ2n) is 9.82. The molecule has 1 aromatic rings. The number of phenolic OH excluding ortho intramolecular Hbond substituents is 1. The van der Waals surface area contributed by atoms with Crippen molar-refractivity contribution < 1.29 is 39.5 Å². The third-order valence-corrected chi connectivity index (χ3v) is 8.11. The van der Waals surface area contributed by atoms with Crippen LogP contribution in [0.2, 0.25) is 0 Å². The molecule has 0 bridgehead atoms. The molecule has 1 saturated carbocycles. The molecule has 1 amide bonds. The number of amides is 1. The summed E-state index contributed by atoms with van der Waals surface area (Å²) in [5, 5.41) is 44.1. The number of carbonyl (C=O) groups excluding carboxylic acids is 3. The van der Waals surface area contributed by atoms with E-state index in [9.17, 15) is 34.8 Å². The summed E-state index contributed by atoms with van der Waals surface area (Å²) >= 11 is 0. The lowest BCUT2D eigenvalue weighted by molar-refractivity contribution is -0.156. The molecular weight excluding hydrogens is 456 g/mol. The summed E-state index contributed by atoms with van der Waals surface area (Å²) in [4.78, 5) is 41.3. The minimum atomic E-state index is -2.63. The fourth-order valence-corrected chi connectivity index (χ4v) is 6.38. The van der Waals surface area contributed by atoms with Gasteiger partial charge in [0.05, 0.1) is 11.6 Å². The van der Waals surface area contributed by atoms with Crippen molar-refractivity contribution in [2.75, 3.05) is 20.3 Å². The minimum Gasteiger partial charge on any atom is -0.508 e. The maximum atomic E-state index is 13.8. The maximum Gasteiger partial charge on any atom is 0.255 e. The Balaban J connectivity index is 1.68. The minimum absolute atomic E-state index is 0.0802. The van der Waals surface area contributed by atoms with Crippen LogP contribution in [0, 0.1) is 11.8 Å². The van der Waals surface area contributed by atoms with E-state index in [-0.39, 0.29) is 35.8 Å². The molecule has 1 heterocycles. The smallest absolute Gasteiger partial charge is 0.255 e. The van der Waals surface area contributed by atoms with E-state index in [1.165, 1.54) is 6.07 Å². The standard InChI is InChI=1S/C25H28N2O8/c1-27(13-5-7-35-8-6-13)19-14-10-12-9-11-3-2-4-15(28)16(11)20(29)17(12)22(31)25(14,34)23(32)18(21(19)30)24(26)33/h2-4,12-14,19,28-29,32,34H,5-10H2,1H3,(H2,26,33). The van der Waals surface area contributed by atoms with Crippen molar-refractivity contribution in [2.24, 2.45) is 17.6 Å². The molecule has 4 aliphatic rings. The second-order valence-corrected chi connectivity index (χ2v) is 9.82. The number of ether oxygens (including phenoxy) is 1. The molecule has 4 unspecified atom stereocenters. The molecule has 4 atom stereocenters. The van der Waals surface area contributed by atoms with Crippen molar-refractivity contribution in [3.05, 3.63) is 46.2 Å². The molecule has 0 radical (unpaired) electrons. The Labute approximate surface area is 201 Å². The zero-order valence-corrected chi connectivity index (χ0v) is 19.2. The second kappa shape index (κ2) is 8.18. The normalized spacial score (nSPS) is 31.3. The number of likely N-dealkylation sites (N-methyl/N-ethyl adjacent to an activating group) is 1. The van der Waals surface area contributed by atoms with Crippen LogP contribution in [0.25, 0.3) is 5.76 Å². The first-order valence-corrected chi connectivity index (χ1v) is 11.7. The molecule has 3 aliphatic carbocycles. The molecule has 1 aliphatic heterocycles. The van der Waals surface area contributed by atoms with Gasteiger partial charge in [0, 0.05) is 30.7 Å². The van der Waals surface area contributed by atoms with Crippen LogP contribution >= 0.6 is 0 Å². The summed E-state index contributed by atoms with van der Waals surface area (Å²) in [5.41, 5.74) is 2.56. The monoisotopic (exact) mass is 484 g/mol. The van der Waals surface area contributed by atoms with Gasteiger partial charge in [-0.3, -0.25) is 19.3 Å². The van der Waals surface area contributed by atoms with Crippen molar-refractivity contribution in [3.63, 3.8) is 0 Å². The molecule has 10 nitrogen and oxygen atoms in total. The molecule has 0 spiro atoms. The molecular formula is C25H28N2O8. The fourth-order valence-electron chi connectivity index (χ4n) is 6.38. The fraction of sp³-hybridized carbons (Fsp3) is 0.480. The van der Waals surface area contributed by atoms with Crippen LogP contribution in [0.4, 0.5) is 0 Å². The van der Waals surface area contributed by atoms with Crippen molar-refractivity contribution in [3.8, 4) is 5.75 Å². The lowest BCUT2D eigenvalue weighted by atomic mass is 9.57. The van der Waals surface area contributed by atoms with Gasteiger partial charge in [-0.05, 0) is 50.3 Å². The highest BCUT2D eigenvalue weighted by Gasteiger charge is 2.64. The van der Waals surface area contributed by atoms with Crippen LogP contribution in [-0.2, 0) is 25.5 Å². The zero-order chi connectivity index (χ0) is 25.2. The number of nitrogens with zero attached hydrogens (tertiary/aromatic N) is 1. The zero-order valence-electron chi connectivity index (χ0n) is 19.2. The van der Waals surface area contributed by atoms with E-state index < -0.39 is 58.0 Å². The quantitative estimate of drug-likeness (QED) is 0.384. The molecule has 6 N–H and O–H groups in total. The molecule has 2 fully saturated rings. The Morgan fingerprint density at radius 2 is 1.86 bits per heavy atom. The average molecular weight is 485 g/mol. The third-order valence-electron chi connectivity index (χ3n) is 8.11. The van der Waals surface area contributed by atoms with Gasteiger partial charge in [0.25, 0.3) is 5.91 Å². The Hall–Kier alpha value is -3.21. The lowest BCUT2D eigenvalue weighted by Crippen LogP contribution is -2.67. The van der Waals surface area contributed by atoms with E-state index in [4.69, 9.17) is 10.5 Å². The van der Waals surface area contributed by atoms with E-state index in [0.29, 0.717) is 31.6 Å². The summed E-state index contributed by atoms with van der Waals surface area (Å²) in [6.07, 6.45) is 1.60. The van der Waals surface area contributed by atoms with Gasteiger partial charge >= 0.3 is 0 Å². The van der Waals surface area contributed by atoms with Gasteiger partial charge in [-0.25, -0.2) is 0 Å². The van der Waals surface area contributed by atoms with Crippen LogP contribution in [0.1, 0.15) is 30.4 Å². The highest BCUT2D eigenvalue weighted by atomic mass is 16.5. The van der Waals surface area contributed by atoms with Gasteiger partial charge in [-0.2, -0.15) is 0 Å². The summed E-state index contributed by atoms with van der Waals surface area (Å²) in [6, 6.07) is 3.53. The third kappa shape index (κ3) is 3.24. The van der Waals surface area contributed by atoms with Crippen molar-refractivity contribution >= 4 is 23.2 Å². The van der Waals surface area contributed by atoms with Gasteiger partial charge in [-0.15, -0.1) is 0 Å². The van der Waals surface area contributed by atoms with Crippen LogP contribution in [-0.4, -0.2) is 80.7 Å². The van der Waals surface area contributed by atoms with Crippen LogP contribution in [0.15, 0.2) is 35.1 Å². The summed E-state index contributed by atoms with van der Waals surface area (Å²) < 4.78 is 5.42. The van der Waals surface area contributed by atoms with Gasteiger partial charge in [0.1, 0.15) is 22.8 Å². The predicted octanol–water partition coefficient (Wildman–Crippen LogP) is 0.513. The number of aliphatic hydroxyl groups excluding tert-OH is 2. The number of benzene rings is 1. The first-order chi connectivity index (χ1) is 16.6. The van der Waals surface area contributed by atoms with Gasteiger partial charge in [0.15, 0.2) is 11.4 Å². The van der Waals surface area contributed by atoms with E-state index in [1.54, 1.807) is 24.1 Å². The summed E-state index contributed by atoms with van der Waals surface area (Å²) in [6.45, 7) is 0.967. The largest absolute Gasteiger partial charge is 0.508 e. The molecule has 186 valence electrons. The number of fused-ring (bicyclic) bond motifs is 3. The van der Waals surface area contributed by atoms with E-state index in [1.807, 2.05) is 0 Å². The number of carbonyl (C=O) groups is 3. The summed E-state index contributed by atoms with van der Waals surface area (Å²) in [7, 11) is 1.70. The van der Waals surface area contributed by atoms with Gasteiger partial charge < -0.3 is 30.9 Å². The Kier molecular flexibility index (Phi) is 5.50. The molecule has 10 heteroatoms. The number of primary amides is 1. The highest BCUT2D eigenvalue weighted by molar-refractivity contribution is 6.24. The maximum absolute atomic E-state index is 13.8. The number of phenols is 1. The van der Waals surface area contributed by atoms with E-state index >= 15 is 0 Å². The number of aliphatic hydroxyl groups is 3. The van der Waals surface area contributed by atoms with E-state index in [2.05, 4.69) is 0 Å². The van der Waals surface area contributed by atoms with Crippen LogP contribution in [0.5, 0.6) is 5.75 Å². The molecule has 0 aromatic heterocycles. The number of ketones is 2. The number of rotatable bonds is 3. The first-order valence-electron chi connectivity index (χ1n) is 11.7. The molecule has 5 rings (SSSR count). The molecule has 35 heavy (non-hydrogen) atoms. The molecule has 1 saturated heterocycles. The molecule has 1 aromatic carbocycles. The van der Waals surface area contributed by atoms with Crippen molar-refractivity contribution in [2.45, 2.75) is 43.4 Å². The van der Waals surface area contributed by atoms with Gasteiger partial charge in [0.2, 0.25) is 5.78 Å².